The maximum absolute atomic E-state index is 13.2. The van der Waals surface area contributed by atoms with Gasteiger partial charge < -0.3 is 11.1 Å². The quantitative estimate of drug-likeness (QED) is 0.824. The minimum absolute atomic E-state index is 0.0652. The van der Waals surface area contributed by atoms with Crippen LogP contribution >= 0.6 is 0 Å². The van der Waals surface area contributed by atoms with Crippen LogP contribution in [-0.4, -0.2) is 5.91 Å². The molecule has 0 bridgehead atoms. The number of nitrogens with zero attached hydrogens (tertiary/aromatic N) is 2. The fourth-order valence-electron chi connectivity index (χ4n) is 1.76. The van der Waals surface area contributed by atoms with Crippen molar-refractivity contribution >= 4 is 17.3 Å². The number of benzene rings is 2. The molecule has 102 valence electrons. The van der Waals surface area contributed by atoms with Gasteiger partial charge in [0, 0.05) is 16.9 Å². The molecule has 1 amide bonds. The van der Waals surface area contributed by atoms with E-state index in [2.05, 4.69) is 5.32 Å². The van der Waals surface area contributed by atoms with Crippen LogP contribution in [0.5, 0.6) is 0 Å². The second kappa shape index (κ2) is 5.72. The molecule has 0 atom stereocenters. The van der Waals surface area contributed by atoms with Crippen molar-refractivity contribution in [2.75, 3.05) is 11.1 Å². The highest BCUT2D eigenvalue weighted by molar-refractivity contribution is 6.04. The second-order valence-electron chi connectivity index (χ2n) is 4.21. The van der Waals surface area contributed by atoms with E-state index in [-0.39, 0.29) is 22.4 Å². The van der Waals surface area contributed by atoms with Crippen LogP contribution < -0.4 is 11.1 Å². The third-order valence-electron chi connectivity index (χ3n) is 2.70. The molecule has 0 saturated heterocycles. The maximum Gasteiger partial charge on any atom is 0.255 e. The van der Waals surface area contributed by atoms with Crippen molar-refractivity contribution in [3.05, 3.63) is 58.9 Å². The van der Waals surface area contributed by atoms with Crippen LogP contribution in [0.1, 0.15) is 21.5 Å². The number of nitrogen functional groups attached to an aromatic ring is 1. The topological polar surface area (TPSA) is 103 Å². The number of amides is 1. The Bertz CT molecular complexity index is 782. The highest BCUT2D eigenvalue weighted by atomic mass is 19.1. The van der Waals surface area contributed by atoms with E-state index < -0.39 is 11.7 Å². The molecule has 0 spiro atoms. The number of nitriles is 2. The van der Waals surface area contributed by atoms with Gasteiger partial charge in [0.2, 0.25) is 0 Å². The largest absolute Gasteiger partial charge is 0.399 e. The normalized spacial score (nSPS) is 9.48. The van der Waals surface area contributed by atoms with Crippen molar-refractivity contribution < 1.29 is 9.18 Å². The minimum atomic E-state index is -0.613. The number of carbonyl (C=O) groups excluding carboxylic acids is 1. The van der Waals surface area contributed by atoms with Crippen LogP contribution in [0.3, 0.4) is 0 Å². The van der Waals surface area contributed by atoms with Gasteiger partial charge in [-0.15, -0.1) is 0 Å². The van der Waals surface area contributed by atoms with Gasteiger partial charge in [-0.3, -0.25) is 4.79 Å². The van der Waals surface area contributed by atoms with Crippen molar-refractivity contribution in [1.29, 1.82) is 10.5 Å². The van der Waals surface area contributed by atoms with Crippen LogP contribution in [0.25, 0.3) is 0 Å². The lowest BCUT2D eigenvalue weighted by Crippen LogP contribution is -2.12. The van der Waals surface area contributed by atoms with E-state index in [1.54, 1.807) is 0 Å². The van der Waals surface area contributed by atoms with Crippen LogP contribution in [0.4, 0.5) is 15.8 Å². The Morgan fingerprint density at radius 2 is 1.81 bits per heavy atom. The Labute approximate surface area is 120 Å². The van der Waals surface area contributed by atoms with Gasteiger partial charge in [0.15, 0.2) is 0 Å². The van der Waals surface area contributed by atoms with Crippen molar-refractivity contribution in [1.82, 2.24) is 0 Å². The highest BCUT2D eigenvalue weighted by Gasteiger charge is 2.10. The van der Waals surface area contributed by atoms with Gasteiger partial charge in [0.05, 0.1) is 11.1 Å². The number of nitrogens with two attached hydrogens (primary N) is 1. The Morgan fingerprint density at radius 3 is 2.43 bits per heavy atom. The molecule has 0 aromatic heterocycles. The number of hydrogen-bond acceptors (Lipinski definition) is 4. The monoisotopic (exact) mass is 280 g/mol. The lowest BCUT2D eigenvalue weighted by molar-refractivity contribution is 0.102. The van der Waals surface area contributed by atoms with Crippen molar-refractivity contribution in [2.24, 2.45) is 0 Å². The van der Waals surface area contributed by atoms with E-state index in [0.717, 1.165) is 12.1 Å². The fraction of sp³-hybridized carbons (Fsp3) is 0. The van der Waals surface area contributed by atoms with Gasteiger partial charge >= 0.3 is 0 Å². The SMILES string of the molecule is N#Cc1ccc(NC(=O)c2cc(N)cc(F)c2)cc1C#N. The minimum Gasteiger partial charge on any atom is -0.399 e. The third kappa shape index (κ3) is 3.14. The first kappa shape index (κ1) is 14.0. The van der Waals surface area contributed by atoms with Crippen molar-refractivity contribution in [3.63, 3.8) is 0 Å². The summed E-state index contributed by atoms with van der Waals surface area (Å²) in [6.07, 6.45) is 0. The van der Waals surface area contributed by atoms with Gasteiger partial charge in [0.1, 0.15) is 18.0 Å². The standard InChI is InChI=1S/C15H9FN4O/c16-12-3-10(4-13(19)6-12)15(21)20-14-2-1-9(7-17)11(5-14)8-18/h1-6H,19H2,(H,20,21). The molecule has 0 aliphatic carbocycles. The highest BCUT2D eigenvalue weighted by Crippen LogP contribution is 2.17. The number of hydrogen-bond donors (Lipinski definition) is 2. The average molecular weight is 280 g/mol. The van der Waals surface area contributed by atoms with E-state index in [1.807, 2.05) is 12.1 Å². The van der Waals surface area contributed by atoms with Crippen LogP contribution in [0, 0.1) is 28.5 Å². The number of halogens is 1. The first-order chi connectivity index (χ1) is 10.0. The molecule has 2 rings (SSSR count). The first-order valence-electron chi connectivity index (χ1n) is 5.85. The molecule has 0 fully saturated rings. The molecule has 3 N–H and O–H groups in total. The maximum atomic E-state index is 13.2. The third-order valence-corrected chi connectivity index (χ3v) is 2.70. The average Bonchev–Trinajstić information content (AvgIpc) is 2.46. The van der Waals surface area contributed by atoms with Gasteiger partial charge in [-0.2, -0.15) is 10.5 Å². The summed E-state index contributed by atoms with van der Waals surface area (Å²) in [5.41, 5.74) is 6.37. The summed E-state index contributed by atoms with van der Waals surface area (Å²) in [6, 6.07) is 11.5. The summed E-state index contributed by atoms with van der Waals surface area (Å²) in [4.78, 5) is 12.0. The van der Waals surface area contributed by atoms with E-state index in [9.17, 15) is 9.18 Å². The predicted molar refractivity (Wildman–Crippen MR) is 74.6 cm³/mol. The molecular formula is C15H9FN4O. The Balaban J connectivity index is 2.28. The van der Waals surface area contributed by atoms with E-state index in [1.165, 1.54) is 24.3 Å². The molecule has 0 unspecified atom stereocenters. The summed E-state index contributed by atoms with van der Waals surface area (Å²) >= 11 is 0. The lowest BCUT2D eigenvalue weighted by Gasteiger charge is -2.07. The van der Waals surface area contributed by atoms with Gasteiger partial charge in [-0.1, -0.05) is 0 Å². The van der Waals surface area contributed by atoms with Crippen molar-refractivity contribution in [2.45, 2.75) is 0 Å². The van der Waals surface area contributed by atoms with Gasteiger partial charge in [0.25, 0.3) is 5.91 Å². The van der Waals surface area contributed by atoms with Gasteiger partial charge in [-0.25, -0.2) is 4.39 Å². The Hall–Kier alpha value is -3.38. The smallest absolute Gasteiger partial charge is 0.255 e. The zero-order valence-electron chi connectivity index (χ0n) is 10.7. The molecule has 6 heteroatoms. The molecule has 5 nitrogen and oxygen atoms in total. The molecule has 2 aromatic carbocycles. The number of rotatable bonds is 2. The number of nitrogens with one attached hydrogen (secondary N) is 1. The molecule has 0 aliphatic rings. The number of anilines is 2. The summed E-state index contributed by atoms with van der Waals surface area (Å²) in [5.74, 6) is -1.17. The summed E-state index contributed by atoms with van der Waals surface area (Å²) < 4.78 is 13.2. The molecule has 0 heterocycles. The Kier molecular flexibility index (Phi) is 3.83. The van der Waals surface area contributed by atoms with Gasteiger partial charge in [-0.05, 0) is 36.4 Å². The molecule has 0 saturated carbocycles. The molecule has 0 radical (unpaired) electrons. The Morgan fingerprint density at radius 1 is 1.10 bits per heavy atom. The predicted octanol–water partition coefficient (Wildman–Crippen LogP) is 2.40. The molecule has 2 aromatic rings. The van der Waals surface area contributed by atoms with E-state index in [0.29, 0.717) is 5.69 Å². The molecular weight excluding hydrogens is 271 g/mol. The van der Waals surface area contributed by atoms with Crippen molar-refractivity contribution in [3.8, 4) is 12.1 Å². The summed E-state index contributed by atoms with van der Waals surface area (Å²) in [5, 5.41) is 20.3. The zero-order valence-corrected chi connectivity index (χ0v) is 10.7. The fourth-order valence-corrected chi connectivity index (χ4v) is 1.76. The van der Waals surface area contributed by atoms with Crippen LogP contribution in [-0.2, 0) is 0 Å². The summed E-state index contributed by atoms with van der Waals surface area (Å²) in [7, 11) is 0. The molecule has 21 heavy (non-hydrogen) atoms. The first-order valence-corrected chi connectivity index (χ1v) is 5.85. The van der Waals surface area contributed by atoms with Crippen LogP contribution in [0.15, 0.2) is 36.4 Å². The van der Waals surface area contributed by atoms with E-state index >= 15 is 0 Å². The number of carbonyl (C=O) groups is 1. The lowest BCUT2D eigenvalue weighted by atomic mass is 10.1. The second-order valence-corrected chi connectivity index (χ2v) is 4.21. The van der Waals surface area contributed by atoms with E-state index in [4.69, 9.17) is 16.3 Å². The summed E-state index contributed by atoms with van der Waals surface area (Å²) in [6.45, 7) is 0. The zero-order chi connectivity index (χ0) is 15.4. The van der Waals surface area contributed by atoms with Crippen LogP contribution in [0.2, 0.25) is 0 Å². The molecule has 0 aliphatic heterocycles.